The van der Waals surface area contributed by atoms with Gasteiger partial charge in [-0.15, -0.1) is 0 Å². The van der Waals surface area contributed by atoms with Crippen LogP contribution in [0.4, 0.5) is 0 Å². The van der Waals surface area contributed by atoms with Crippen molar-refractivity contribution in [3.63, 3.8) is 0 Å². The maximum absolute atomic E-state index is 12.4. The molecule has 0 saturated heterocycles. The number of nitrogens with zero attached hydrogens (tertiary/aromatic N) is 3. The van der Waals surface area contributed by atoms with Crippen LogP contribution in [0.2, 0.25) is 0 Å². The second-order valence-corrected chi connectivity index (χ2v) is 5.08. The zero-order valence-corrected chi connectivity index (χ0v) is 12.3. The molecule has 2 rings (SSSR count). The Kier molecular flexibility index (Phi) is 3.39. The third kappa shape index (κ3) is 1.84. The number of rotatable bonds is 3. The largest absolute Gasteiger partial charge is 0.348 e. The summed E-state index contributed by atoms with van der Waals surface area (Å²) >= 11 is 0. The predicted octanol–water partition coefficient (Wildman–Crippen LogP) is 1.46. The summed E-state index contributed by atoms with van der Waals surface area (Å²) in [5, 5.41) is 1.14. The Morgan fingerprint density at radius 2 is 1.32 bits per heavy atom. The highest BCUT2D eigenvalue weighted by molar-refractivity contribution is 5.86. The molecule has 0 radical (unpaired) electrons. The first-order valence-corrected chi connectivity index (χ1v) is 6.67. The molecule has 104 valence electrons. The van der Waals surface area contributed by atoms with Crippen LogP contribution in [0.15, 0.2) is 9.59 Å². The van der Waals surface area contributed by atoms with Gasteiger partial charge in [-0.3, -0.25) is 19.0 Å². The van der Waals surface area contributed by atoms with E-state index in [1.54, 1.807) is 14.1 Å². The van der Waals surface area contributed by atoms with Crippen molar-refractivity contribution >= 4 is 10.8 Å². The van der Waals surface area contributed by atoms with Gasteiger partial charge in [-0.05, 0) is 20.3 Å². The highest BCUT2D eigenvalue weighted by Crippen LogP contribution is 2.20. The van der Waals surface area contributed by atoms with Gasteiger partial charge in [0.1, 0.15) is 0 Å². The molecule has 0 spiro atoms. The Labute approximate surface area is 112 Å². The molecule has 5 heteroatoms. The Balaban J connectivity index is 2.93. The van der Waals surface area contributed by atoms with E-state index >= 15 is 0 Å². The number of aromatic nitrogens is 3. The van der Waals surface area contributed by atoms with Crippen molar-refractivity contribution in [2.45, 2.75) is 40.2 Å². The molecule has 2 heterocycles. The zero-order chi connectivity index (χ0) is 14.3. The standard InChI is InChI=1S/C14H21N3O2/c1-6-7-8-17-9(2)11-12(10(17)3)14(19)16(5)15(4)13(11)18/h6-8H2,1-5H3. The van der Waals surface area contributed by atoms with Gasteiger partial charge >= 0.3 is 0 Å². The number of fused-ring (bicyclic) bond motifs is 1. The summed E-state index contributed by atoms with van der Waals surface area (Å²) in [6.45, 7) is 6.83. The number of unbranched alkanes of at least 4 members (excludes halogenated alkanes) is 1. The SMILES string of the molecule is CCCCn1c(C)c2c(=O)n(C)n(C)c(=O)c2c1C. The van der Waals surface area contributed by atoms with Gasteiger partial charge in [-0.25, -0.2) is 0 Å². The summed E-state index contributed by atoms with van der Waals surface area (Å²) in [6, 6.07) is 0. The van der Waals surface area contributed by atoms with Crippen LogP contribution in [0, 0.1) is 13.8 Å². The summed E-state index contributed by atoms with van der Waals surface area (Å²) in [5.74, 6) is 0. The van der Waals surface area contributed by atoms with Gasteiger partial charge in [0.25, 0.3) is 11.1 Å². The molecule has 0 atom stereocenters. The molecule has 2 aromatic rings. The van der Waals surface area contributed by atoms with Crippen LogP contribution in [0.3, 0.4) is 0 Å². The molecule has 0 aromatic carbocycles. The quantitative estimate of drug-likeness (QED) is 0.841. The topological polar surface area (TPSA) is 48.9 Å². The third-order valence-corrected chi connectivity index (χ3v) is 3.98. The van der Waals surface area contributed by atoms with Crippen LogP contribution in [-0.4, -0.2) is 13.9 Å². The number of hydrogen-bond donors (Lipinski definition) is 0. The monoisotopic (exact) mass is 263 g/mol. The van der Waals surface area contributed by atoms with Crippen molar-refractivity contribution in [1.29, 1.82) is 0 Å². The minimum atomic E-state index is -0.104. The maximum Gasteiger partial charge on any atom is 0.274 e. The fourth-order valence-corrected chi connectivity index (χ4v) is 2.65. The smallest absolute Gasteiger partial charge is 0.274 e. The van der Waals surface area contributed by atoms with Crippen molar-refractivity contribution in [2.75, 3.05) is 0 Å². The van der Waals surface area contributed by atoms with Crippen LogP contribution in [0.25, 0.3) is 10.8 Å². The normalized spacial score (nSPS) is 11.4. The van der Waals surface area contributed by atoms with Crippen LogP contribution in [0.1, 0.15) is 31.2 Å². The Morgan fingerprint density at radius 3 is 1.68 bits per heavy atom. The Bertz CT molecular complexity index is 688. The fourth-order valence-electron chi connectivity index (χ4n) is 2.65. The van der Waals surface area contributed by atoms with E-state index in [-0.39, 0.29) is 11.1 Å². The first-order chi connectivity index (χ1) is 8.91. The lowest BCUT2D eigenvalue weighted by Crippen LogP contribution is -2.35. The minimum Gasteiger partial charge on any atom is -0.348 e. The van der Waals surface area contributed by atoms with Gasteiger partial charge < -0.3 is 4.57 Å². The lowest BCUT2D eigenvalue weighted by atomic mass is 10.2. The van der Waals surface area contributed by atoms with Gasteiger partial charge in [0.05, 0.1) is 10.8 Å². The molecular weight excluding hydrogens is 242 g/mol. The van der Waals surface area contributed by atoms with Gasteiger partial charge in [-0.2, -0.15) is 0 Å². The highest BCUT2D eigenvalue weighted by Gasteiger charge is 2.18. The van der Waals surface area contributed by atoms with E-state index < -0.39 is 0 Å². The summed E-state index contributed by atoms with van der Waals surface area (Å²) < 4.78 is 4.85. The molecule has 0 saturated carbocycles. The number of aryl methyl sites for hydroxylation is 2. The van der Waals surface area contributed by atoms with Gasteiger partial charge in [0.2, 0.25) is 0 Å². The first-order valence-electron chi connectivity index (χ1n) is 6.67. The van der Waals surface area contributed by atoms with Crippen LogP contribution >= 0.6 is 0 Å². The van der Waals surface area contributed by atoms with Gasteiger partial charge in [0.15, 0.2) is 0 Å². The predicted molar refractivity (Wildman–Crippen MR) is 76.8 cm³/mol. The van der Waals surface area contributed by atoms with Crippen molar-refractivity contribution in [3.05, 3.63) is 32.1 Å². The first kappa shape index (κ1) is 13.6. The molecule has 0 amide bonds. The molecule has 2 aromatic heterocycles. The molecule has 0 aliphatic carbocycles. The van der Waals surface area contributed by atoms with Crippen LogP contribution in [0.5, 0.6) is 0 Å². The Morgan fingerprint density at radius 1 is 0.895 bits per heavy atom. The molecule has 0 aliphatic rings. The maximum atomic E-state index is 12.4. The molecule has 19 heavy (non-hydrogen) atoms. The van der Waals surface area contributed by atoms with E-state index in [9.17, 15) is 9.59 Å². The molecule has 0 N–H and O–H groups in total. The van der Waals surface area contributed by atoms with Gasteiger partial charge in [-0.1, -0.05) is 13.3 Å². The van der Waals surface area contributed by atoms with Crippen molar-refractivity contribution in [3.8, 4) is 0 Å². The Hall–Kier alpha value is -1.78. The van der Waals surface area contributed by atoms with E-state index in [2.05, 4.69) is 11.5 Å². The minimum absolute atomic E-state index is 0.104. The molecular formula is C14H21N3O2. The van der Waals surface area contributed by atoms with E-state index in [1.165, 1.54) is 9.36 Å². The fraction of sp³-hybridized carbons (Fsp3) is 0.571. The molecule has 0 fully saturated rings. The van der Waals surface area contributed by atoms with E-state index in [0.717, 1.165) is 30.8 Å². The van der Waals surface area contributed by atoms with E-state index in [1.807, 2.05) is 13.8 Å². The molecule has 0 bridgehead atoms. The third-order valence-electron chi connectivity index (χ3n) is 3.98. The summed E-state index contributed by atoms with van der Waals surface area (Å²) in [4.78, 5) is 24.7. The summed E-state index contributed by atoms with van der Waals surface area (Å²) in [6.07, 6.45) is 2.13. The molecule has 0 aliphatic heterocycles. The molecule has 5 nitrogen and oxygen atoms in total. The van der Waals surface area contributed by atoms with E-state index in [0.29, 0.717) is 10.8 Å². The zero-order valence-electron chi connectivity index (χ0n) is 12.3. The van der Waals surface area contributed by atoms with Crippen molar-refractivity contribution < 1.29 is 0 Å². The average molecular weight is 263 g/mol. The lowest BCUT2D eigenvalue weighted by Gasteiger charge is -2.07. The second-order valence-electron chi connectivity index (χ2n) is 5.08. The van der Waals surface area contributed by atoms with Crippen molar-refractivity contribution in [2.24, 2.45) is 14.1 Å². The van der Waals surface area contributed by atoms with E-state index in [4.69, 9.17) is 0 Å². The second kappa shape index (κ2) is 4.72. The van der Waals surface area contributed by atoms with Crippen LogP contribution in [-0.2, 0) is 20.6 Å². The summed E-state index contributed by atoms with van der Waals surface area (Å²) in [7, 11) is 3.25. The van der Waals surface area contributed by atoms with Crippen LogP contribution < -0.4 is 11.1 Å². The highest BCUT2D eigenvalue weighted by atomic mass is 16.2. The summed E-state index contributed by atoms with van der Waals surface area (Å²) in [5.41, 5.74) is 1.60. The molecule has 0 unspecified atom stereocenters. The lowest BCUT2D eigenvalue weighted by molar-refractivity contribution is 0.543. The average Bonchev–Trinajstić information content (AvgIpc) is 2.63. The number of hydrogen-bond acceptors (Lipinski definition) is 2. The van der Waals surface area contributed by atoms with Gasteiger partial charge in [0, 0.05) is 32.0 Å². The van der Waals surface area contributed by atoms with Crippen molar-refractivity contribution in [1.82, 2.24) is 13.9 Å².